The zero-order valence-electron chi connectivity index (χ0n) is 13.3. The average molecular weight is 331 g/mol. The number of carbonyl (C=O) groups excluding carboxylic acids is 1. The third-order valence-electron chi connectivity index (χ3n) is 3.18. The minimum absolute atomic E-state index is 0.0891. The minimum Gasteiger partial charge on any atom is -0.481 e. The fourth-order valence-electron chi connectivity index (χ4n) is 2.00. The van der Waals surface area contributed by atoms with Crippen molar-refractivity contribution in [2.45, 2.75) is 6.61 Å². The summed E-state index contributed by atoms with van der Waals surface area (Å²) in [4.78, 5) is 24.2. The predicted molar refractivity (Wildman–Crippen MR) is 90.0 cm³/mol. The first-order valence-electron chi connectivity index (χ1n) is 7.70. The van der Waals surface area contributed by atoms with Gasteiger partial charge in [-0.15, -0.1) is 0 Å². The number of hydrogen-bond donors (Lipinski definition) is 3. The lowest BCUT2D eigenvalue weighted by atomic mass is 10.2. The lowest BCUT2D eigenvalue weighted by Gasteiger charge is -2.10. The number of benzene rings is 1. The highest BCUT2D eigenvalue weighted by molar-refractivity contribution is 5.93. The number of hydrogen-bond acceptors (Lipinski definition) is 6. The van der Waals surface area contributed by atoms with Gasteiger partial charge in [-0.25, -0.2) is 0 Å². The molecule has 0 aliphatic carbocycles. The van der Waals surface area contributed by atoms with Crippen LogP contribution in [-0.2, 0) is 6.61 Å². The summed E-state index contributed by atoms with van der Waals surface area (Å²) in [6, 6.07) is 10.6. The molecule has 2 aromatic rings. The summed E-state index contributed by atoms with van der Waals surface area (Å²) >= 11 is 0. The first kappa shape index (κ1) is 17.7. The second kappa shape index (κ2) is 9.49. The van der Waals surface area contributed by atoms with Crippen molar-refractivity contribution in [3.63, 3.8) is 0 Å². The van der Waals surface area contributed by atoms with Crippen molar-refractivity contribution in [1.82, 2.24) is 10.6 Å². The number of nitrogens with two attached hydrogens (primary N) is 1. The van der Waals surface area contributed by atoms with Crippen molar-refractivity contribution in [2.75, 3.05) is 26.2 Å². The maximum Gasteiger partial charge on any atom is 0.291 e. The Morgan fingerprint density at radius 3 is 2.67 bits per heavy atom. The Kier molecular flexibility index (Phi) is 7.00. The third-order valence-corrected chi connectivity index (χ3v) is 3.18. The number of carbonyl (C=O) groups is 1. The molecule has 128 valence electrons. The fourth-order valence-corrected chi connectivity index (χ4v) is 2.00. The monoisotopic (exact) mass is 331 g/mol. The van der Waals surface area contributed by atoms with E-state index in [4.69, 9.17) is 14.9 Å². The van der Waals surface area contributed by atoms with Crippen LogP contribution in [0.25, 0.3) is 0 Å². The SMILES string of the molecule is NCCNCCNC(=O)c1occc(=O)c1OCc1ccccc1. The summed E-state index contributed by atoms with van der Waals surface area (Å²) < 4.78 is 10.7. The largest absolute Gasteiger partial charge is 0.481 e. The summed E-state index contributed by atoms with van der Waals surface area (Å²) in [6.45, 7) is 2.32. The van der Waals surface area contributed by atoms with Crippen LogP contribution in [0.15, 0.2) is 51.9 Å². The highest BCUT2D eigenvalue weighted by Gasteiger charge is 2.18. The maximum absolute atomic E-state index is 12.2. The first-order chi connectivity index (χ1) is 11.7. The molecule has 1 amide bonds. The lowest BCUT2D eigenvalue weighted by molar-refractivity contribution is 0.0915. The van der Waals surface area contributed by atoms with E-state index >= 15 is 0 Å². The summed E-state index contributed by atoms with van der Waals surface area (Å²) in [5, 5.41) is 5.72. The topological polar surface area (TPSA) is 107 Å². The van der Waals surface area contributed by atoms with Crippen LogP contribution in [0.2, 0.25) is 0 Å². The van der Waals surface area contributed by atoms with Crippen molar-refractivity contribution < 1.29 is 13.9 Å². The molecule has 0 unspecified atom stereocenters. The van der Waals surface area contributed by atoms with E-state index in [1.807, 2.05) is 30.3 Å². The molecule has 0 aliphatic heterocycles. The fraction of sp³-hybridized carbons (Fsp3) is 0.294. The Hall–Kier alpha value is -2.64. The van der Waals surface area contributed by atoms with Gasteiger partial charge in [0.15, 0.2) is 0 Å². The van der Waals surface area contributed by atoms with Crippen molar-refractivity contribution in [3.05, 3.63) is 64.2 Å². The Morgan fingerprint density at radius 1 is 1.12 bits per heavy atom. The van der Waals surface area contributed by atoms with Crippen LogP contribution in [-0.4, -0.2) is 32.1 Å². The molecule has 0 radical (unpaired) electrons. The standard InChI is InChI=1S/C17H21N3O4/c18-7-8-19-9-10-20-17(22)16-15(14(21)6-11-23-16)24-12-13-4-2-1-3-5-13/h1-6,11,19H,7-10,12,18H2,(H,20,22). The van der Waals surface area contributed by atoms with Gasteiger partial charge in [0.05, 0.1) is 6.26 Å². The number of nitrogens with one attached hydrogen (secondary N) is 2. The van der Waals surface area contributed by atoms with E-state index in [0.29, 0.717) is 26.2 Å². The lowest BCUT2D eigenvalue weighted by Crippen LogP contribution is -2.34. The molecule has 0 saturated heterocycles. The van der Waals surface area contributed by atoms with Gasteiger partial charge in [-0.2, -0.15) is 0 Å². The summed E-state index contributed by atoms with van der Waals surface area (Å²) in [5.74, 6) is -0.712. The maximum atomic E-state index is 12.2. The quantitative estimate of drug-likeness (QED) is 0.578. The van der Waals surface area contributed by atoms with Crippen LogP contribution in [0.4, 0.5) is 0 Å². The van der Waals surface area contributed by atoms with E-state index in [1.165, 1.54) is 12.3 Å². The van der Waals surface area contributed by atoms with Gasteiger partial charge in [-0.1, -0.05) is 30.3 Å². The molecule has 7 nitrogen and oxygen atoms in total. The van der Waals surface area contributed by atoms with Crippen molar-refractivity contribution in [1.29, 1.82) is 0 Å². The van der Waals surface area contributed by atoms with Gasteiger partial charge in [0.25, 0.3) is 5.91 Å². The Morgan fingerprint density at radius 2 is 1.92 bits per heavy atom. The zero-order valence-corrected chi connectivity index (χ0v) is 13.3. The van der Waals surface area contributed by atoms with Crippen molar-refractivity contribution >= 4 is 5.91 Å². The molecule has 0 atom stereocenters. The van der Waals surface area contributed by atoms with Crippen LogP contribution in [0.3, 0.4) is 0 Å². The second-order valence-corrected chi connectivity index (χ2v) is 5.01. The smallest absolute Gasteiger partial charge is 0.291 e. The molecule has 7 heteroatoms. The average Bonchev–Trinajstić information content (AvgIpc) is 2.61. The van der Waals surface area contributed by atoms with Gasteiger partial charge in [0.2, 0.25) is 16.9 Å². The van der Waals surface area contributed by atoms with Crippen LogP contribution in [0.5, 0.6) is 5.75 Å². The summed E-state index contributed by atoms with van der Waals surface area (Å²) in [7, 11) is 0. The molecule has 4 N–H and O–H groups in total. The molecule has 0 saturated carbocycles. The molecule has 1 aromatic carbocycles. The van der Waals surface area contributed by atoms with E-state index in [9.17, 15) is 9.59 Å². The van der Waals surface area contributed by atoms with E-state index in [2.05, 4.69) is 10.6 Å². The van der Waals surface area contributed by atoms with Gasteiger partial charge >= 0.3 is 0 Å². The van der Waals surface area contributed by atoms with Gasteiger partial charge < -0.3 is 25.5 Å². The third kappa shape index (κ3) is 5.22. The second-order valence-electron chi connectivity index (χ2n) is 5.01. The van der Waals surface area contributed by atoms with Gasteiger partial charge in [0.1, 0.15) is 6.61 Å². The van der Waals surface area contributed by atoms with Crippen LogP contribution in [0.1, 0.15) is 16.1 Å². The van der Waals surface area contributed by atoms with Crippen LogP contribution >= 0.6 is 0 Å². The number of ether oxygens (including phenoxy) is 1. The molecule has 0 aliphatic rings. The van der Waals surface area contributed by atoms with Crippen molar-refractivity contribution in [2.24, 2.45) is 5.73 Å². The highest BCUT2D eigenvalue weighted by atomic mass is 16.5. The van der Waals surface area contributed by atoms with E-state index in [0.717, 1.165) is 5.56 Å². The van der Waals surface area contributed by atoms with Crippen LogP contribution in [0, 0.1) is 0 Å². The van der Waals surface area contributed by atoms with E-state index < -0.39 is 11.3 Å². The van der Waals surface area contributed by atoms with Crippen molar-refractivity contribution in [3.8, 4) is 5.75 Å². The van der Waals surface area contributed by atoms with Gasteiger partial charge in [-0.3, -0.25) is 9.59 Å². The molecule has 1 aromatic heterocycles. The Bertz CT molecular complexity index is 700. The molecular formula is C17H21N3O4. The molecule has 2 rings (SSSR count). The molecular weight excluding hydrogens is 310 g/mol. The predicted octanol–water partition coefficient (Wildman–Crippen LogP) is 0.497. The summed E-state index contributed by atoms with van der Waals surface area (Å²) in [5.41, 5.74) is 5.85. The molecule has 24 heavy (non-hydrogen) atoms. The molecule has 1 heterocycles. The van der Waals surface area contributed by atoms with Crippen LogP contribution < -0.4 is 26.5 Å². The molecule has 0 bridgehead atoms. The minimum atomic E-state index is -0.495. The normalized spacial score (nSPS) is 10.4. The molecule has 0 spiro atoms. The van der Waals surface area contributed by atoms with E-state index in [1.54, 1.807) is 0 Å². The number of rotatable bonds is 9. The Balaban J connectivity index is 2.00. The highest BCUT2D eigenvalue weighted by Crippen LogP contribution is 2.14. The molecule has 0 fully saturated rings. The zero-order chi connectivity index (χ0) is 17.2. The van der Waals surface area contributed by atoms with Gasteiger partial charge in [0, 0.05) is 32.2 Å². The summed E-state index contributed by atoms with van der Waals surface area (Å²) in [6.07, 6.45) is 1.18. The first-order valence-corrected chi connectivity index (χ1v) is 7.70. The van der Waals surface area contributed by atoms with E-state index in [-0.39, 0.29) is 18.1 Å². The Labute approximate surface area is 139 Å². The number of amides is 1. The van der Waals surface area contributed by atoms with Gasteiger partial charge in [-0.05, 0) is 5.56 Å².